The van der Waals surface area contributed by atoms with Gasteiger partial charge in [-0.3, -0.25) is 0 Å². The van der Waals surface area contributed by atoms with Crippen LogP contribution in [0, 0.1) is 27.7 Å². The topological polar surface area (TPSA) is 56.6 Å². The highest BCUT2D eigenvalue weighted by Crippen LogP contribution is 2.45. The number of benzene rings is 12. The lowest BCUT2D eigenvalue weighted by molar-refractivity contribution is 0.00578. The first-order valence-electron chi connectivity index (χ1n) is 33.3. The lowest BCUT2D eigenvalue weighted by Gasteiger charge is -2.32. The van der Waals surface area contributed by atoms with Crippen molar-refractivity contribution in [2.24, 2.45) is 0 Å². The maximum atomic E-state index is 6.54. The number of fused-ring (bicyclic) bond motifs is 16. The maximum Gasteiger partial charge on any atom is 0.494 e. The third kappa shape index (κ3) is 9.30. The van der Waals surface area contributed by atoms with Crippen LogP contribution in [0.2, 0.25) is 0 Å². The molecular weight excluding hydrogens is 1310 g/mol. The van der Waals surface area contributed by atoms with Crippen LogP contribution in [-0.4, -0.2) is 54.9 Å². The molecule has 2 saturated heterocycles. The minimum absolute atomic E-state index is 0.407. The standard InChI is InChI=1S/C48H48B2N2O4.C36H24Br2N2/c1-29-26-43(30(2)25-42(29)51-38-18-14-13-17-35(38)36-27-32(20-23-39(36)51)49-53-45(3,4)46(5,6)54-49)52-40-24-21-33(50-55-47(7,8)48(9,10)56-50)28-37(40)44-34-16-12-11-15-31(34)19-22-41(44)52;1-21-18-35(22(2)17-34(21)39-30-10-6-5-9-27(30)28-19-24(37)12-15-31(28)39)40-32-16-13-25(38)20-29(32)36-26-8-4-3-7-23(26)11-14-33(36)40/h11-28H,1-10H3;3-20H,1-2H3. The Labute approximate surface area is 576 Å². The summed E-state index contributed by atoms with van der Waals surface area (Å²) in [6, 6.07) is 79.8. The van der Waals surface area contributed by atoms with Crippen LogP contribution in [0.25, 0.3) is 132 Å². The number of hydrogen-bond acceptors (Lipinski definition) is 4. The van der Waals surface area contributed by atoms with E-state index < -0.39 is 36.6 Å². The third-order valence-electron chi connectivity index (χ3n) is 21.7. The van der Waals surface area contributed by atoms with Crippen LogP contribution < -0.4 is 10.9 Å². The Morgan fingerprint density at radius 1 is 0.271 bits per heavy atom. The average molecular weight is 1380 g/mol. The van der Waals surface area contributed by atoms with Gasteiger partial charge in [0.15, 0.2) is 0 Å². The molecule has 0 spiro atoms. The quantitative estimate of drug-likeness (QED) is 0.156. The summed E-state index contributed by atoms with van der Waals surface area (Å²) in [5.74, 6) is 0. The second-order valence-electron chi connectivity index (χ2n) is 28.6. The van der Waals surface area contributed by atoms with Crippen LogP contribution in [0.3, 0.4) is 0 Å². The summed E-state index contributed by atoms with van der Waals surface area (Å²) >= 11 is 7.42. The Balaban J connectivity index is 0.000000153. The summed E-state index contributed by atoms with van der Waals surface area (Å²) in [6.07, 6.45) is 0. The largest absolute Gasteiger partial charge is 0.494 e. The molecule has 2 fully saturated rings. The molecule has 0 saturated carbocycles. The highest BCUT2D eigenvalue weighted by Gasteiger charge is 2.53. The summed E-state index contributed by atoms with van der Waals surface area (Å²) in [5, 5.41) is 14.9. The summed E-state index contributed by atoms with van der Waals surface area (Å²) in [4.78, 5) is 0. The molecule has 6 heterocycles. The van der Waals surface area contributed by atoms with E-state index >= 15 is 0 Å². The van der Waals surface area contributed by atoms with Gasteiger partial charge < -0.3 is 36.9 Å². The molecule has 8 nitrogen and oxygen atoms in total. The highest BCUT2D eigenvalue weighted by molar-refractivity contribution is 9.10. The van der Waals surface area contributed by atoms with Gasteiger partial charge in [0.1, 0.15) is 0 Å². The molecule has 0 atom stereocenters. The number of rotatable bonds is 6. The second kappa shape index (κ2) is 21.9. The Hall–Kier alpha value is -8.71. The number of aromatic nitrogens is 4. The maximum absolute atomic E-state index is 6.54. The molecule has 0 N–H and O–H groups in total. The van der Waals surface area contributed by atoms with Gasteiger partial charge in [-0.05, 0) is 235 Å². The minimum Gasteiger partial charge on any atom is -0.399 e. The van der Waals surface area contributed by atoms with E-state index in [0.29, 0.717) is 0 Å². The smallest absolute Gasteiger partial charge is 0.399 e. The zero-order valence-electron chi connectivity index (χ0n) is 56.1. The van der Waals surface area contributed by atoms with Gasteiger partial charge >= 0.3 is 14.2 Å². The number of hydrogen-bond donors (Lipinski definition) is 0. The molecule has 0 unspecified atom stereocenters. The Bertz CT molecular complexity index is 5960. The molecule has 0 amide bonds. The van der Waals surface area contributed by atoms with Gasteiger partial charge in [-0.1, -0.05) is 153 Å². The van der Waals surface area contributed by atoms with Crippen molar-refractivity contribution in [2.45, 2.75) is 105 Å². The van der Waals surface area contributed by atoms with E-state index in [1.54, 1.807) is 0 Å². The number of para-hydroxylation sites is 2. The lowest BCUT2D eigenvalue weighted by Crippen LogP contribution is -2.41. The van der Waals surface area contributed by atoms with Crippen molar-refractivity contribution in [1.82, 2.24) is 18.3 Å². The van der Waals surface area contributed by atoms with Gasteiger partial charge in [0, 0.05) is 74.8 Å². The van der Waals surface area contributed by atoms with Crippen LogP contribution in [0.15, 0.2) is 227 Å². The monoisotopic (exact) mass is 1380 g/mol. The zero-order chi connectivity index (χ0) is 66.2. The molecule has 0 bridgehead atoms. The van der Waals surface area contributed by atoms with E-state index in [1.165, 1.54) is 131 Å². The lowest BCUT2D eigenvalue weighted by atomic mass is 9.78. The molecule has 2 aliphatic rings. The van der Waals surface area contributed by atoms with Crippen molar-refractivity contribution >= 4 is 166 Å². The first kappa shape index (κ1) is 60.9. The minimum atomic E-state index is -0.444. The van der Waals surface area contributed by atoms with Crippen molar-refractivity contribution in [3.05, 3.63) is 250 Å². The predicted molar refractivity (Wildman–Crippen MR) is 411 cm³/mol. The van der Waals surface area contributed by atoms with Crippen molar-refractivity contribution in [3.63, 3.8) is 0 Å². The van der Waals surface area contributed by atoms with Crippen molar-refractivity contribution in [1.29, 1.82) is 0 Å². The molecule has 0 aliphatic carbocycles. The first-order valence-corrected chi connectivity index (χ1v) is 34.9. The van der Waals surface area contributed by atoms with Crippen LogP contribution in [0.1, 0.15) is 77.6 Å². The Morgan fingerprint density at radius 3 is 0.958 bits per heavy atom. The molecule has 12 heteroatoms. The van der Waals surface area contributed by atoms with E-state index in [-0.39, 0.29) is 0 Å². The third-order valence-corrected chi connectivity index (χ3v) is 22.7. The van der Waals surface area contributed by atoms with Gasteiger partial charge in [-0.25, -0.2) is 0 Å². The molecule has 18 rings (SSSR count). The van der Waals surface area contributed by atoms with Gasteiger partial charge in [0.2, 0.25) is 0 Å². The molecule has 12 aromatic carbocycles. The Kier molecular flexibility index (Phi) is 13.9. The fourth-order valence-electron chi connectivity index (χ4n) is 15.3. The molecular formula is C84H72B2Br2N4O4. The van der Waals surface area contributed by atoms with Crippen molar-refractivity contribution < 1.29 is 18.6 Å². The first-order chi connectivity index (χ1) is 46.0. The molecule has 16 aromatic rings. The average Bonchev–Trinajstić information content (AvgIpc) is 1.66. The number of aryl methyl sites for hydroxylation is 4. The number of nitrogens with zero attached hydrogens (tertiary/aromatic N) is 4. The zero-order valence-corrected chi connectivity index (χ0v) is 59.3. The van der Waals surface area contributed by atoms with E-state index in [1.807, 2.05) is 0 Å². The normalized spacial score (nSPS) is 15.9. The van der Waals surface area contributed by atoms with Crippen molar-refractivity contribution in [2.75, 3.05) is 0 Å². The molecule has 96 heavy (non-hydrogen) atoms. The van der Waals surface area contributed by atoms with Crippen molar-refractivity contribution in [3.8, 4) is 22.7 Å². The van der Waals surface area contributed by atoms with E-state index in [4.69, 9.17) is 18.6 Å². The molecule has 4 aromatic heterocycles. The van der Waals surface area contributed by atoms with Gasteiger partial charge in [0.05, 0.1) is 66.5 Å². The van der Waals surface area contributed by atoms with Gasteiger partial charge in [-0.15, -0.1) is 0 Å². The van der Waals surface area contributed by atoms with E-state index in [0.717, 1.165) is 42.3 Å². The molecule has 2 aliphatic heterocycles. The summed E-state index contributed by atoms with van der Waals surface area (Å²) in [7, 11) is -0.869. The van der Waals surface area contributed by atoms with E-state index in [2.05, 4.69) is 352 Å². The summed E-state index contributed by atoms with van der Waals surface area (Å²) in [5.41, 5.74) is 19.5. The predicted octanol–water partition coefficient (Wildman–Crippen LogP) is 21.4. The van der Waals surface area contributed by atoms with Gasteiger partial charge in [-0.2, -0.15) is 0 Å². The fraction of sp³-hybridized carbons (Fsp3) is 0.190. The summed E-state index contributed by atoms with van der Waals surface area (Å²) in [6.45, 7) is 25.8. The number of halogens is 2. The molecule has 472 valence electrons. The van der Waals surface area contributed by atoms with Crippen LogP contribution >= 0.6 is 31.9 Å². The van der Waals surface area contributed by atoms with Crippen LogP contribution in [0.5, 0.6) is 0 Å². The second-order valence-corrected chi connectivity index (χ2v) is 30.5. The summed E-state index contributed by atoms with van der Waals surface area (Å²) < 4.78 is 37.9. The SMILES string of the molecule is Cc1cc(-n2c3ccc(B4OC(C)(C)C(C)(C)O4)cc3c3c4ccccc4ccc32)c(C)cc1-n1c2ccccc2c2cc(B3OC(C)(C)C(C)(C)O3)ccc21.Cc1cc(-n2c3ccc(Br)cc3c3c4ccccc4ccc32)c(C)cc1-n1c2ccccc2c2cc(Br)ccc21. The van der Waals surface area contributed by atoms with E-state index in [9.17, 15) is 0 Å². The fourth-order valence-corrected chi connectivity index (χ4v) is 16.1. The highest BCUT2D eigenvalue weighted by atomic mass is 79.9. The molecule has 0 radical (unpaired) electrons. The van der Waals surface area contributed by atoms with Crippen LogP contribution in [-0.2, 0) is 18.6 Å². The Morgan fingerprint density at radius 2 is 0.552 bits per heavy atom. The van der Waals surface area contributed by atoms with Crippen LogP contribution in [0.4, 0.5) is 0 Å². The van der Waals surface area contributed by atoms with Gasteiger partial charge in [0.25, 0.3) is 0 Å².